The molecule has 1 N–H and O–H groups in total. The lowest BCUT2D eigenvalue weighted by atomic mass is 9.84. The fourth-order valence-electron chi connectivity index (χ4n) is 4.28. The maximum atomic E-state index is 14.2. The molecule has 2 amide bonds. The number of hydrogen-bond donors (Lipinski definition) is 1. The summed E-state index contributed by atoms with van der Waals surface area (Å²) < 4.78 is 14.2. The van der Waals surface area contributed by atoms with E-state index in [1.165, 1.54) is 36.0 Å². The van der Waals surface area contributed by atoms with E-state index >= 15 is 0 Å². The summed E-state index contributed by atoms with van der Waals surface area (Å²) in [5.74, 6) is -0.518. The summed E-state index contributed by atoms with van der Waals surface area (Å²) in [5, 5.41) is 2.77. The van der Waals surface area contributed by atoms with Gasteiger partial charge in [0.05, 0.1) is 11.8 Å². The fourth-order valence-corrected chi connectivity index (χ4v) is 4.28. The van der Waals surface area contributed by atoms with Crippen LogP contribution in [0.2, 0.25) is 0 Å². The lowest BCUT2D eigenvalue weighted by Crippen LogP contribution is -2.45. The highest BCUT2D eigenvalue weighted by Gasteiger charge is 2.39. The first-order chi connectivity index (χ1) is 13.6. The predicted molar refractivity (Wildman–Crippen MR) is 102 cm³/mol. The van der Waals surface area contributed by atoms with Crippen LogP contribution >= 0.6 is 0 Å². The largest absolute Gasteiger partial charge is 0.322 e. The van der Waals surface area contributed by atoms with Crippen molar-refractivity contribution in [2.24, 2.45) is 5.92 Å². The minimum absolute atomic E-state index is 0.0865. The number of aromatic nitrogens is 2. The van der Waals surface area contributed by atoms with Crippen LogP contribution in [0.3, 0.4) is 0 Å². The third-order valence-electron chi connectivity index (χ3n) is 5.69. The molecule has 1 saturated carbocycles. The Kier molecular flexibility index (Phi) is 5.32. The third kappa shape index (κ3) is 3.74. The summed E-state index contributed by atoms with van der Waals surface area (Å²) in [6.07, 6.45) is 10.7. The summed E-state index contributed by atoms with van der Waals surface area (Å²) in [6, 6.07) is 3.97. The number of rotatable bonds is 5. The van der Waals surface area contributed by atoms with Crippen molar-refractivity contribution in [2.45, 2.75) is 51.1 Å². The molecule has 1 fully saturated rings. The molecule has 0 saturated heterocycles. The Morgan fingerprint density at radius 1 is 1.25 bits per heavy atom. The molecule has 1 aliphatic carbocycles. The molecule has 0 spiro atoms. The van der Waals surface area contributed by atoms with Crippen molar-refractivity contribution < 1.29 is 14.0 Å². The second kappa shape index (κ2) is 8.04. The zero-order chi connectivity index (χ0) is 19.5. The molecule has 2 heterocycles. The van der Waals surface area contributed by atoms with Gasteiger partial charge in [-0.25, -0.2) is 9.37 Å². The van der Waals surface area contributed by atoms with E-state index in [4.69, 9.17) is 0 Å². The first kappa shape index (κ1) is 18.5. The number of hydrogen-bond acceptors (Lipinski definition) is 4. The van der Waals surface area contributed by atoms with Crippen molar-refractivity contribution in [3.05, 3.63) is 53.7 Å². The second-order valence-corrected chi connectivity index (χ2v) is 7.54. The molecule has 0 radical (unpaired) electrons. The van der Waals surface area contributed by atoms with Crippen LogP contribution in [0.1, 0.15) is 54.4 Å². The van der Waals surface area contributed by atoms with Crippen LogP contribution in [-0.2, 0) is 11.3 Å². The maximum Gasteiger partial charge on any atom is 0.258 e. The highest BCUT2D eigenvalue weighted by atomic mass is 19.1. The molecule has 1 aliphatic heterocycles. The Morgan fingerprint density at radius 3 is 2.79 bits per heavy atom. The topological polar surface area (TPSA) is 75.2 Å². The quantitative estimate of drug-likeness (QED) is 0.858. The Hall–Kier alpha value is -2.83. The molecule has 2 aromatic rings. The number of carbonyl (C=O) groups is 2. The van der Waals surface area contributed by atoms with Gasteiger partial charge in [0.1, 0.15) is 11.9 Å². The Balaban J connectivity index is 1.58. The summed E-state index contributed by atoms with van der Waals surface area (Å²) in [6.45, 7) is 0.247. The van der Waals surface area contributed by atoms with Gasteiger partial charge in [-0.3, -0.25) is 14.6 Å². The number of nitrogens with one attached hydrogen (secondary N) is 1. The van der Waals surface area contributed by atoms with Gasteiger partial charge >= 0.3 is 0 Å². The van der Waals surface area contributed by atoms with E-state index in [1.807, 2.05) is 0 Å². The van der Waals surface area contributed by atoms with Crippen LogP contribution in [-0.4, -0.2) is 32.7 Å². The van der Waals surface area contributed by atoms with Gasteiger partial charge in [0.25, 0.3) is 5.91 Å². The van der Waals surface area contributed by atoms with E-state index in [9.17, 15) is 14.0 Å². The fraction of sp³-hybridized carbons (Fsp3) is 0.429. The predicted octanol–water partition coefficient (Wildman–Crippen LogP) is 3.55. The van der Waals surface area contributed by atoms with Crippen LogP contribution in [0.5, 0.6) is 0 Å². The normalized spacial score (nSPS) is 18.0. The van der Waals surface area contributed by atoms with Crippen molar-refractivity contribution in [1.29, 1.82) is 0 Å². The van der Waals surface area contributed by atoms with Crippen molar-refractivity contribution in [3.8, 4) is 0 Å². The lowest BCUT2D eigenvalue weighted by molar-refractivity contribution is -0.121. The number of halogens is 1. The zero-order valence-corrected chi connectivity index (χ0v) is 15.6. The van der Waals surface area contributed by atoms with Gasteiger partial charge in [-0.05, 0) is 24.0 Å². The molecule has 1 aromatic carbocycles. The van der Waals surface area contributed by atoms with Gasteiger partial charge in [-0.1, -0.05) is 44.2 Å². The van der Waals surface area contributed by atoms with Gasteiger partial charge in [0.15, 0.2) is 5.82 Å². The Labute approximate surface area is 163 Å². The van der Waals surface area contributed by atoms with E-state index in [1.54, 1.807) is 12.1 Å². The van der Waals surface area contributed by atoms with Gasteiger partial charge in [0, 0.05) is 18.9 Å². The van der Waals surface area contributed by atoms with E-state index in [0.29, 0.717) is 23.7 Å². The molecule has 7 heteroatoms. The molecule has 2 aliphatic rings. The van der Waals surface area contributed by atoms with Crippen LogP contribution in [0.25, 0.3) is 0 Å². The van der Waals surface area contributed by atoms with Crippen molar-refractivity contribution in [3.63, 3.8) is 0 Å². The van der Waals surface area contributed by atoms with Crippen molar-refractivity contribution in [2.75, 3.05) is 5.32 Å². The van der Waals surface area contributed by atoms with Crippen LogP contribution in [0, 0.1) is 11.7 Å². The van der Waals surface area contributed by atoms with Crippen molar-refractivity contribution >= 4 is 17.6 Å². The summed E-state index contributed by atoms with van der Waals surface area (Å²) in [7, 11) is 0. The zero-order valence-electron chi connectivity index (χ0n) is 15.6. The minimum Gasteiger partial charge on any atom is -0.322 e. The number of anilines is 1. The molecule has 0 bridgehead atoms. The molecule has 6 nitrogen and oxygen atoms in total. The first-order valence-electron chi connectivity index (χ1n) is 9.78. The lowest BCUT2D eigenvalue weighted by Gasteiger charge is -2.31. The maximum absolute atomic E-state index is 14.2. The SMILES string of the molecule is O=C(Nc1cnccn1)C(CC1CCCCC1)N1Cc2cccc(F)c2C1=O. The van der Waals surface area contributed by atoms with Crippen LogP contribution < -0.4 is 5.32 Å². The summed E-state index contributed by atoms with van der Waals surface area (Å²) in [4.78, 5) is 35.6. The summed E-state index contributed by atoms with van der Waals surface area (Å²) in [5.41, 5.74) is 0.717. The Morgan fingerprint density at radius 2 is 2.07 bits per heavy atom. The molecule has 1 unspecified atom stereocenters. The molecule has 28 heavy (non-hydrogen) atoms. The highest BCUT2D eigenvalue weighted by molar-refractivity contribution is 6.03. The molecular formula is C21H23FN4O2. The standard InChI is InChI=1S/C21H23FN4O2/c22-16-8-4-7-15-13-26(21(28)19(15)16)17(11-14-5-2-1-3-6-14)20(27)25-18-12-23-9-10-24-18/h4,7-10,12,14,17H,1-3,5-6,11,13H2,(H,24,25,27). The smallest absolute Gasteiger partial charge is 0.258 e. The molecule has 146 valence electrons. The number of benzene rings is 1. The van der Waals surface area contributed by atoms with Gasteiger partial charge in [-0.2, -0.15) is 0 Å². The van der Waals surface area contributed by atoms with Gasteiger partial charge in [-0.15, -0.1) is 0 Å². The van der Waals surface area contributed by atoms with Crippen molar-refractivity contribution in [1.82, 2.24) is 14.9 Å². The highest BCUT2D eigenvalue weighted by Crippen LogP contribution is 2.33. The van der Waals surface area contributed by atoms with E-state index in [2.05, 4.69) is 15.3 Å². The molecular weight excluding hydrogens is 359 g/mol. The number of nitrogens with zero attached hydrogens (tertiary/aromatic N) is 3. The van der Waals surface area contributed by atoms with E-state index in [-0.39, 0.29) is 18.0 Å². The number of carbonyl (C=O) groups excluding carboxylic acids is 2. The number of amides is 2. The monoisotopic (exact) mass is 382 g/mol. The first-order valence-corrected chi connectivity index (χ1v) is 9.78. The number of fused-ring (bicyclic) bond motifs is 1. The third-order valence-corrected chi connectivity index (χ3v) is 5.69. The van der Waals surface area contributed by atoms with E-state index in [0.717, 1.165) is 25.7 Å². The molecule has 1 aromatic heterocycles. The van der Waals surface area contributed by atoms with Crippen LogP contribution in [0.4, 0.5) is 10.2 Å². The Bertz CT molecular complexity index is 868. The second-order valence-electron chi connectivity index (χ2n) is 7.54. The van der Waals surface area contributed by atoms with Crippen LogP contribution in [0.15, 0.2) is 36.8 Å². The average molecular weight is 382 g/mol. The van der Waals surface area contributed by atoms with E-state index < -0.39 is 17.8 Å². The van der Waals surface area contributed by atoms with Gasteiger partial charge < -0.3 is 10.2 Å². The molecule has 1 atom stereocenters. The minimum atomic E-state index is -0.663. The van der Waals surface area contributed by atoms with Gasteiger partial charge in [0.2, 0.25) is 5.91 Å². The average Bonchev–Trinajstić information content (AvgIpc) is 3.05. The molecule has 4 rings (SSSR count). The summed E-state index contributed by atoms with van der Waals surface area (Å²) >= 11 is 0.